The number of benzene rings is 1. The van der Waals surface area contributed by atoms with Crippen LogP contribution in [0.2, 0.25) is 0 Å². The number of para-hydroxylation sites is 1. The van der Waals surface area contributed by atoms with Gasteiger partial charge in [-0.1, -0.05) is 18.2 Å². The number of hydrogen-bond donors (Lipinski definition) is 0. The highest BCUT2D eigenvalue weighted by Gasteiger charge is 2.54. The van der Waals surface area contributed by atoms with Gasteiger partial charge in [0, 0.05) is 12.1 Å². The molecule has 1 aromatic rings. The Balaban J connectivity index is 1.30. The van der Waals surface area contributed by atoms with Gasteiger partial charge in [0.15, 0.2) is 6.61 Å². The van der Waals surface area contributed by atoms with E-state index in [4.69, 9.17) is 14.7 Å². The first-order valence-electron chi connectivity index (χ1n) is 11.1. The highest BCUT2D eigenvalue weighted by molar-refractivity contribution is 5.81. The molecule has 0 atom stereocenters. The fourth-order valence-electron chi connectivity index (χ4n) is 6.24. The quantitative estimate of drug-likeness (QED) is 0.580. The fourth-order valence-corrected chi connectivity index (χ4v) is 6.24. The summed E-state index contributed by atoms with van der Waals surface area (Å²) >= 11 is 0. The molecule has 0 unspecified atom stereocenters. The molecule has 0 radical (unpaired) electrons. The lowest BCUT2D eigenvalue weighted by Crippen LogP contribution is -2.62. The van der Waals surface area contributed by atoms with E-state index in [1.165, 1.54) is 19.3 Å². The van der Waals surface area contributed by atoms with Crippen LogP contribution in [0.1, 0.15) is 51.4 Å². The summed E-state index contributed by atoms with van der Waals surface area (Å²) in [4.78, 5) is 27.1. The zero-order chi connectivity index (χ0) is 21.0. The van der Waals surface area contributed by atoms with Crippen molar-refractivity contribution in [1.29, 1.82) is 5.26 Å². The van der Waals surface area contributed by atoms with Crippen molar-refractivity contribution in [3.05, 3.63) is 30.3 Å². The van der Waals surface area contributed by atoms with Gasteiger partial charge < -0.3 is 14.4 Å². The van der Waals surface area contributed by atoms with Crippen molar-refractivity contribution >= 4 is 11.9 Å². The Hall–Kier alpha value is -2.55. The molecule has 6 heteroatoms. The lowest BCUT2D eigenvalue weighted by atomic mass is 9.52. The summed E-state index contributed by atoms with van der Waals surface area (Å²) in [7, 11) is 0. The summed E-state index contributed by atoms with van der Waals surface area (Å²) in [6, 6.07) is 11.5. The van der Waals surface area contributed by atoms with E-state index in [0.717, 1.165) is 19.3 Å². The average molecular weight is 411 g/mol. The Kier molecular flexibility index (Phi) is 6.26. The summed E-state index contributed by atoms with van der Waals surface area (Å²) in [5.41, 5.74) is -0.133. The van der Waals surface area contributed by atoms with Gasteiger partial charge in [0.2, 0.25) is 0 Å². The number of nitrogens with zero attached hydrogens (tertiary/aromatic N) is 2. The first-order valence-corrected chi connectivity index (χ1v) is 11.1. The predicted octanol–water partition coefficient (Wildman–Crippen LogP) is 3.71. The molecule has 0 aromatic heterocycles. The van der Waals surface area contributed by atoms with Gasteiger partial charge in [-0.05, 0) is 68.4 Å². The Morgan fingerprint density at radius 3 is 2.30 bits per heavy atom. The number of carbonyl (C=O) groups excluding carboxylic acids is 2. The molecule has 160 valence electrons. The summed E-state index contributed by atoms with van der Waals surface area (Å²) < 4.78 is 10.8. The van der Waals surface area contributed by atoms with Gasteiger partial charge in [0.25, 0.3) is 5.91 Å². The SMILES string of the molecule is N#CCCN(C(=O)COC(=O)CCOc1ccccc1)C12CC3CC(CC(C3)C1)C2. The normalized spacial score (nSPS) is 28.6. The predicted molar refractivity (Wildman–Crippen MR) is 110 cm³/mol. The van der Waals surface area contributed by atoms with Crippen LogP contribution >= 0.6 is 0 Å². The molecule has 1 amide bonds. The molecular formula is C24H30N2O4. The zero-order valence-corrected chi connectivity index (χ0v) is 17.4. The van der Waals surface area contributed by atoms with E-state index >= 15 is 0 Å². The summed E-state index contributed by atoms with van der Waals surface area (Å²) in [5.74, 6) is 2.20. The largest absolute Gasteiger partial charge is 0.493 e. The van der Waals surface area contributed by atoms with Crippen LogP contribution in [-0.4, -0.2) is 42.1 Å². The third-order valence-electron chi connectivity index (χ3n) is 7.00. The van der Waals surface area contributed by atoms with Gasteiger partial charge in [-0.3, -0.25) is 9.59 Å². The monoisotopic (exact) mass is 410 g/mol. The zero-order valence-electron chi connectivity index (χ0n) is 17.4. The van der Waals surface area contributed by atoms with Gasteiger partial charge in [-0.25, -0.2) is 0 Å². The molecule has 5 rings (SSSR count). The van der Waals surface area contributed by atoms with Crippen LogP contribution < -0.4 is 4.74 Å². The van der Waals surface area contributed by atoms with Crippen LogP contribution in [0.3, 0.4) is 0 Å². The van der Waals surface area contributed by atoms with Gasteiger partial charge in [0.05, 0.1) is 25.5 Å². The van der Waals surface area contributed by atoms with E-state index < -0.39 is 5.97 Å². The minimum Gasteiger partial charge on any atom is -0.493 e. The van der Waals surface area contributed by atoms with Crippen LogP contribution in [0, 0.1) is 29.1 Å². The van der Waals surface area contributed by atoms with Crippen molar-refractivity contribution in [3.8, 4) is 11.8 Å². The maximum atomic E-state index is 13.1. The molecule has 4 saturated carbocycles. The number of rotatable bonds is 9. The average Bonchev–Trinajstić information content (AvgIpc) is 2.72. The summed E-state index contributed by atoms with van der Waals surface area (Å²) in [6.07, 6.45) is 7.38. The van der Waals surface area contributed by atoms with Gasteiger partial charge in [-0.15, -0.1) is 0 Å². The minimum absolute atomic E-state index is 0.0950. The van der Waals surface area contributed by atoms with Crippen molar-refractivity contribution in [2.75, 3.05) is 19.8 Å². The molecule has 0 spiro atoms. The molecule has 0 aliphatic heterocycles. The van der Waals surface area contributed by atoms with Crippen molar-refractivity contribution in [2.24, 2.45) is 17.8 Å². The maximum Gasteiger partial charge on any atom is 0.309 e. The number of hydrogen-bond acceptors (Lipinski definition) is 5. The van der Waals surface area contributed by atoms with E-state index in [1.54, 1.807) is 0 Å². The second kappa shape index (κ2) is 9.07. The van der Waals surface area contributed by atoms with E-state index in [9.17, 15) is 9.59 Å². The second-order valence-electron chi connectivity index (χ2n) is 9.17. The Bertz CT molecular complexity index is 766. The van der Waals surface area contributed by atoms with Crippen LogP contribution in [0.5, 0.6) is 5.75 Å². The molecule has 4 aliphatic rings. The maximum absolute atomic E-state index is 13.1. The minimum atomic E-state index is -0.440. The molecule has 0 saturated heterocycles. The third kappa shape index (κ3) is 4.61. The second-order valence-corrected chi connectivity index (χ2v) is 9.17. The van der Waals surface area contributed by atoms with E-state index in [2.05, 4.69) is 6.07 Å². The summed E-state index contributed by atoms with van der Waals surface area (Å²) in [6.45, 7) is 0.387. The van der Waals surface area contributed by atoms with Crippen molar-refractivity contribution in [2.45, 2.75) is 56.9 Å². The number of nitriles is 1. The molecule has 0 heterocycles. The Labute approximate surface area is 178 Å². The third-order valence-corrected chi connectivity index (χ3v) is 7.00. The molecule has 4 bridgehead atoms. The van der Waals surface area contributed by atoms with Crippen LogP contribution in [0.25, 0.3) is 0 Å². The van der Waals surface area contributed by atoms with Crippen molar-refractivity contribution in [1.82, 2.24) is 4.90 Å². The van der Waals surface area contributed by atoms with Gasteiger partial charge in [0.1, 0.15) is 5.75 Å². The first kappa shape index (κ1) is 20.7. The molecule has 4 aliphatic carbocycles. The summed E-state index contributed by atoms with van der Waals surface area (Å²) in [5, 5.41) is 9.10. The van der Waals surface area contributed by atoms with E-state index in [-0.39, 0.29) is 31.1 Å². The molecule has 6 nitrogen and oxygen atoms in total. The topological polar surface area (TPSA) is 79.6 Å². The lowest BCUT2D eigenvalue weighted by Gasteiger charge is -2.60. The number of amides is 1. The standard InChI is InChI=1S/C24H30N2O4/c25-8-4-9-26(24-14-18-11-19(15-24)13-20(12-18)16-24)22(27)17-30-23(28)7-10-29-21-5-2-1-3-6-21/h1-3,5-6,18-20H,4,7,9-17H2. The van der Waals surface area contributed by atoms with Gasteiger partial charge >= 0.3 is 5.97 Å². The molecule has 4 fully saturated rings. The smallest absolute Gasteiger partial charge is 0.309 e. The highest BCUT2D eigenvalue weighted by atomic mass is 16.5. The van der Waals surface area contributed by atoms with E-state index in [0.29, 0.717) is 36.5 Å². The number of ether oxygens (including phenoxy) is 2. The van der Waals surface area contributed by atoms with Crippen LogP contribution in [-0.2, 0) is 14.3 Å². The van der Waals surface area contributed by atoms with Crippen molar-refractivity contribution in [3.63, 3.8) is 0 Å². The van der Waals surface area contributed by atoms with E-state index in [1.807, 2.05) is 35.2 Å². The van der Waals surface area contributed by atoms with Crippen LogP contribution in [0.15, 0.2) is 30.3 Å². The molecule has 30 heavy (non-hydrogen) atoms. The highest BCUT2D eigenvalue weighted by Crippen LogP contribution is 2.57. The number of esters is 1. The lowest BCUT2D eigenvalue weighted by molar-refractivity contribution is -0.162. The van der Waals surface area contributed by atoms with Crippen LogP contribution in [0.4, 0.5) is 0 Å². The number of carbonyl (C=O) groups is 2. The molecular weight excluding hydrogens is 380 g/mol. The molecule has 1 aromatic carbocycles. The Morgan fingerprint density at radius 1 is 1.07 bits per heavy atom. The van der Waals surface area contributed by atoms with Gasteiger partial charge in [-0.2, -0.15) is 5.26 Å². The Morgan fingerprint density at radius 2 is 1.70 bits per heavy atom. The first-order chi connectivity index (χ1) is 14.6. The van der Waals surface area contributed by atoms with Crippen molar-refractivity contribution < 1.29 is 19.1 Å². The fraction of sp³-hybridized carbons (Fsp3) is 0.625. The molecule has 0 N–H and O–H groups in total.